The fourth-order valence-electron chi connectivity index (χ4n) is 3.16. The van der Waals surface area contributed by atoms with Gasteiger partial charge in [-0.2, -0.15) is 13.2 Å². The van der Waals surface area contributed by atoms with Crippen LogP contribution in [-0.2, 0) is 6.18 Å². The van der Waals surface area contributed by atoms with E-state index in [1.54, 1.807) is 6.07 Å². The summed E-state index contributed by atoms with van der Waals surface area (Å²) in [6.07, 6.45) is 0.555. The normalized spacial score (nSPS) is 11.2. The second-order valence-electron chi connectivity index (χ2n) is 6.69. The lowest BCUT2D eigenvalue weighted by atomic mass is 10.0. The number of hydrogen-bond acceptors (Lipinski definition) is 4. The van der Waals surface area contributed by atoms with E-state index >= 15 is 0 Å². The molecule has 0 saturated carbocycles. The van der Waals surface area contributed by atoms with E-state index in [-0.39, 0.29) is 17.6 Å². The molecule has 5 nitrogen and oxygen atoms in total. The molecular formula is C23H14F4N4O. The van der Waals surface area contributed by atoms with Gasteiger partial charge in [-0.25, -0.2) is 14.4 Å². The maximum absolute atomic E-state index is 14.6. The molecule has 32 heavy (non-hydrogen) atoms. The van der Waals surface area contributed by atoms with Crippen LogP contribution in [0, 0.1) is 5.82 Å². The van der Waals surface area contributed by atoms with Crippen LogP contribution in [0.2, 0.25) is 0 Å². The summed E-state index contributed by atoms with van der Waals surface area (Å²) >= 11 is 0. The van der Waals surface area contributed by atoms with Crippen LogP contribution >= 0.6 is 0 Å². The highest BCUT2D eigenvalue weighted by molar-refractivity contribution is 6.07. The molecule has 4 rings (SSSR count). The topological polar surface area (TPSA) is 67.8 Å². The number of carbonyl (C=O) groups is 1. The Labute approximate surface area is 179 Å². The molecule has 0 unspecified atom stereocenters. The molecule has 0 spiro atoms. The molecule has 0 radical (unpaired) electrons. The molecule has 0 aliphatic carbocycles. The Morgan fingerprint density at radius 2 is 1.59 bits per heavy atom. The quantitative estimate of drug-likeness (QED) is 0.420. The average molecular weight is 438 g/mol. The van der Waals surface area contributed by atoms with Gasteiger partial charge in [-0.1, -0.05) is 30.3 Å². The number of alkyl halides is 3. The minimum absolute atomic E-state index is 0.278. The zero-order chi connectivity index (χ0) is 22.7. The van der Waals surface area contributed by atoms with E-state index in [0.29, 0.717) is 5.56 Å². The van der Waals surface area contributed by atoms with Crippen LogP contribution < -0.4 is 5.32 Å². The maximum atomic E-state index is 14.6. The molecule has 1 N–H and O–H groups in total. The monoisotopic (exact) mass is 438 g/mol. The number of rotatable bonds is 4. The summed E-state index contributed by atoms with van der Waals surface area (Å²) in [7, 11) is 0. The van der Waals surface area contributed by atoms with Crippen molar-refractivity contribution in [3.63, 3.8) is 0 Å². The largest absolute Gasteiger partial charge is 0.417 e. The number of nitrogens with zero attached hydrogens (tertiary/aromatic N) is 3. The van der Waals surface area contributed by atoms with Gasteiger partial charge in [0.15, 0.2) is 5.82 Å². The zero-order valence-corrected chi connectivity index (χ0v) is 16.3. The predicted octanol–water partition coefficient (Wildman–Crippen LogP) is 5.62. The predicted molar refractivity (Wildman–Crippen MR) is 110 cm³/mol. The lowest BCUT2D eigenvalue weighted by Crippen LogP contribution is -2.17. The van der Waals surface area contributed by atoms with Crippen LogP contribution in [0.4, 0.5) is 23.2 Å². The number of carbonyl (C=O) groups excluding carboxylic acids is 1. The van der Waals surface area contributed by atoms with E-state index in [4.69, 9.17) is 0 Å². The standard InChI is InChI=1S/C23H14F4N4O/c24-19-12-18(23(25,26)27)16(21-29-8-4-9-30-21)11-17(19)22(32)31-20-13-28-10-7-15(20)14-5-2-1-3-6-14/h1-13H,(H,31,32). The Morgan fingerprint density at radius 3 is 2.28 bits per heavy atom. The first-order valence-corrected chi connectivity index (χ1v) is 9.33. The minimum atomic E-state index is -4.87. The molecule has 1 amide bonds. The van der Waals surface area contributed by atoms with Crippen LogP contribution in [0.3, 0.4) is 0 Å². The number of hydrogen-bond donors (Lipinski definition) is 1. The molecule has 0 aliphatic rings. The Hall–Kier alpha value is -4.14. The van der Waals surface area contributed by atoms with Crippen molar-refractivity contribution in [1.29, 1.82) is 0 Å². The van der Waals surface area contributed by atoms with Crippen molar-refractivity contribution in [3.05, 3.63) is 96.3 Å². The first-order valence-electron chi connectivity index (χ1n) is 9.33. The van der Waals surface area contributed by atoms with Crippen LogP contribution in [0.15, 0.2) is 79.4 Å². The van der Waals surface area contributed by atoms with E-state index in [2.05, 4.69) is 20.3 Å². The molecule has 2 aromatic carbocycles. The van der Waals surface area contributed by atoms with Gasteiger partial charge in [-0.3, -0.25) is 9.78 Å². The maximum Gasteiger partial charge on any atom is 0.417 e. The van der Waals surface area contributed by atoms with E-state index in [1.807, 2.05) is 30.3 Å². The second kappa shape index (κ2) is 8.54. The Kier molecular flexibility index (Phi) is 5.63. The number of amides is 1. The van der Waals surface area contributed by atoms with E-state index in [9.17, 15) is 22.4 Å². The van der Waals surface area contributed by atoms with Crippen molar-refractivity contribution in [2.75, 3.05) is 5.32 Å². The summed E-state index contributed by atoms with van der Waals surface area (Å²) in [6.45, 7) is 0. The first-order chi connectivity index (χ1) is 15.3. The highest BCUT2D eigenvalue weighted by Crippen LogP contribution is 2.37. The molecule has 160 valence electrons. The molecule has 0 bridgehead atoms. The number of aromatic nitrogens is 3. The lowest BCUT2D eigenvalue weighted by Gasteiger charge is -2.15. The average Bonchev–Trinajstić information content (AvgIpc) is 2.80. The van der Waals surface area contributed by atoms with Crippen molar-refractivity contribution in [2.45, 2.75) is 6.18 Å². The molecule has 2 aromatic heterocycles. The lowest BCUT2D eigenvalue weighted by molar-refractivity contribution is -0.137. The van der Waals surface area contributed by atoms with Crippen LogP contribution in [0.5, 0.6) is 0 Å². The van der Waals surface area contributed by atoms with Gasteiger partial charge in [-0.05, 0) is 29.8 Å². The van der Waals surface area contributed by atoms with Crippen molar-refractivity contribution < 1.29 is 22.4 Å². The third-order valence-corrected chi connectivity index (χ3v) is 4.62. The van der Waals surface area contributed by atoms with Crippen LogP contribution in [-0.4, -0.2) is 20.9 Å². The van der Waals surface area contributed by atoms with E-state index < -0.39 is 34.6 Å². The highest BCUT2D eigenvalue weighted by Gasteiger charge is 2.36. The summed E-state index contributed by atoms with van der Waals surface area (Å²) in [4.78, 5) is 24.5. The molecule has 9 heteroatoms. The Balaban J connectivity index is 1.76. The number of halogens is 4. The smallest absolute Gasteiger partial charge is 0.320 e. The van der Waals surface area contributed by atoms with Gasteiger partial charge in [0.25, 0.3) is 5.91 Å². The van der Waals surface area contributed by atoms with Crippen molar-refractivity contribution in [1.82, 2.24) is 15.0 Å². The van der Waals surface area contributed by atoms with Gasteiger partial charge >= 0.3 is 6.18 Å². The minimum Gasteiger partial charge on any atom is -0.320 e. The van der Waals surface area contributed by atoms with Crippen LogP contribution in [0.1, 0.15) is 15.9 Å². The molecular weight excluding hydrogens is 424 g/mol. The summed E-state index contributed by atoms with van der Waals surface area (Å²) in [5.74, 6) is -2.53. The Bertz CT molecular complexity index is 1260. The Morgan fingerprint density at radius 1 is 0.875 bits per heavy atom. The second-order valence-corrected chi connectivity index (χ2v) is 6.69. The highest BCUT2D eigenvalue weighted by atomic mass is 19.4. The third kappa shape index (κ3) is 4.31. The number of pyridine rings is 1. The van der Waals surface area contributed by atoms with Gasteiger partial charge in [-0.15, -0.1) is 0 Å². The summed E-state index contributed by atoms with van der Waals surface area (Å²) < 4.78 is 55.1. The third-order valence-electron chi connectivity index (χ3n) is 4.62. The number of nitrogens with one attached hydrogen (secondary N) is 1. The van der Waals surface area contributed by atoms with Gasteiger partial charge in [0.05, 0.1) is 23.0 Å². The van der Waals surface area contributed by atoms with E-state index in [1.165, 1.54) is 30.9 Å². The van der Waals surface area contributed by atoms with Gasteiger partial charge in [0.1, 0.15) is 5.82 Å². The molecule has 0 saturated heterocycles. The molecule has 0 atom stereocenters. The zero-order valence-electron chi connectivity index (χ0n) is 16.3. The SMILES string of the molecule is O=C(Nc1cnccc1-c1ccccc1)c1cc(-c2ncccn2)c(C(F)(F)F)cc1F. The van der Waals surface area contributed by atoms with Crippen molar-refractivity contribution >= 4 is 11.6 Å². The number of anilines is 1. The van der Waals surface area contributed by atoms with Crippen molar-refractivity contribution in [3.8, 4) is 22.5 Å². The summed E-state index contributed by atoms with van der Waals surface area (Å²) in [6, 6.07) is 13.3. The fourth-order valence-corrected chi connectivity index (χ4v) is 3.16. The molecule has 2 heterocycles. The van der Waals surface area contributed by atoms with Gasteiger partial charge in [0, 0.05) is 29.7 Å². The molecule has 0 fully saturated rings. The summed E-state index contributed by atoms with van der Waals surface area (Å²) in [5, 5.41) is 2.54. The van der Waals surface area contributed by atoms with Gasteiger partial charge in [0.2, 0.25) is 0 Å². The number of benzene rings is 2. The first kappa shape index (κ1) is 21.1. The summed E-state index contributed by atoms with van der Waals surface area (Å²) in [5.41, 5.74) is -0.684. The van der Waals surface area contributed by atoms with E-state index in [0.717, 1.165) is 11.6 Å². The van der Waals surface area contributed by atoms with Crippen molar-refractivity contribution in [2.24, 2.45) is 0 Å². The molecule has 0 aliphatic heterocycles. The van der Waals surface area contributed by atoms with Crippen LogP contribution in [0.25, 0.3) is 22.5 Å². The van der Waals surface area contributed by atoms with Gasteiger partial charge < -0.3 is 5.32 Å². The fraction of sp³-hybridized carbons (Fsp3) is 0.0435. The molecule has 4 aromatic rings.